The van der Waals surface area contributed by atoms with Gasteiger partial charge in [0.2, 0.25) is 6.10 Å². The Morgan fingerprint density at radius 3 is 2.52 bits per heavy atom. The number of thioether (sulfide) groups is 1. The number of carbonyl (C=O) groups excluding carboxylic acids is 3. The van der Waals surface area contributed by atoms with E-state index in [9.17, 15) is 39.3 Å². The van der Waals surface area contributed by atoms with Crippen molar-refractivity contribution < 1.29 is 53.7 Å². The zero-order valence-corrected chi connectivity index (χ0v) is 29.3. The van der Waals surface area contributed by atoms with Crippen molar-refractivity contribution in [3.8, 4) is 11.5 Å². The number of phenolic OH excluding ortho intramolecular Hbond substituents is 2. The molecule has 2 fully saturated rings. The number of hydrogen-bond acceptors (Lipinski definition) is 13. The fourth-order valence-electron chi connectivity index (χ4n) is 6.06. The molecule has 3 amide bonds. The molecule has 1 aromatic carbocycles. The van der Waals surface area contributed by atoms with Crippen LogP contribution in [-0.2, 0) is 24.0 Å². The Kier molecular flexibility index (Phi) is 10.8. The highest BCUT2D eigenvalue weighted by Crippen LogP contribution is 2.41. The van der Waals surface area contributed by atoms with E-state index in [1.54, 1.807) is 7.05 Å². The molecule has 2 aromatic rings. The Hall–Kier alpha value is -4.59. The van der Waals surface area contributed by atoms with E-state index in [-0.39, 0.29) is 43.8 Å². The second-order valence-electron chi connectivity index (χ2n) is 12.1. The van der Waals surface area contributed by atoms with Crippen molar-refractivity contribution in [3.63, 3.8) is 0 Å². The van der Waals surface area contributed by atoms with Gasteiger partial charge in [0.1, 0.15) is 33.7 Å². The summed E-state index contributed by atoms with van der Waals surface area (Å²) in [5, 5.41) is 44.3. The number of aromatic nitrogens is 1. The van der Waals surface area contributed by atoms with Crippen LogP contribution in [0.1, 0.15) is 35.8 Å². The number of nitrogen functional groups attached to an aromatic ring is 1. The van der Waals surface area contributed by atoms with E-state index in [1.807, 2.05) is 0 Å². The van der Waals surface area contributed by atoms with Gasteiger partial charge in [-0.2, -0.15) is 0 Å². The molecule has 50 heavy (non-hydrogen) atoms. The van der Waals surface area contributed by atoms with E-state index < -0.39 is 52.7 Å². The van der Waals surface area contributed by atoms with Crippen LogP contribution in [0.4, 0.5) is 5.13 Å². The van der Waals surface area contributed by atoms with E-state index >= 15 is 0 Å². The van der Waals surface area contributed by atoms with Crippen LogP contribution < -0.4 is 11.1 Å². The predicted molar refractivity (Wildman–Crippen MR) is 182 cm³/mol. The van der Waals surface area contributed by atoms with Gasteiger partial charge in [-0.3, -0.25) is 19.3 Å². The molecule has 0 radical (unpaired) electrons. The Balaban J connectivity index is 1.31. The Labute approximate surface area is 298 Å². The Morgan fingerprint density at radius 1 is 1.22 bits per heavy atom. The van der Waals surface area contributed by atoms with Gasteiger partial charge in [-0.05, 0) is 25.1 Å². The molecule has 4 heterocycles. The van der Waals surface area contributed by atoms with E-state index in [0.717, 1.165) is 42.2 Å². The van der Waals surface area contributed by atoms with Gasteiger partial charge in [0.15, 0.2) is 22.3 Å². The van der Waals surface area contributed by atoms with Crippen molar-refractivity contribution in [2.75, 3.05) is 51.3 Å². The number of aliphatic carboxylic acids is 2. The Bertz CT molecular complexity index is 1790. The third-order valence-corrected chi connectivity index (χ3v) is 11.2. The van der Waals surface area contributed by atoms with Crippen molar-refractivity contribution >= 4 is 75.2 Å². The lowest BCUT2D eigenvalue weighted by atomic mass is 10.0. The smallest absolute Gasteiger partial charge is 0.352 e. The number of nitrogens with zero attached hydrogens (tertiary/aromatic N) is 5. The van der Waals surface area contributed by atoms with Crippen molar-refractivity contribution in [1.82, 2.24) is 20.1 Å². The standard InChI is InChI=1S/C30H34ClN7O10S2/c1-14(28(44)45)48-35-20(19-23(31)50-30(32)34-19)24(41)33-21-26(43)37-22(29(46)47)16(13-49-27(21)37)12-38(8-3-4-9-38)10-7-36(2)25(42)15-5-6-17(39)18(40)11-15/h5-6,11,14,21,27H,3-4,7-10,12-13H2,1-2H3,(H6-,32,33,34,35,39,40,41,42,44,45,46,47)/p+1/t14-,21+,27+/m0/s1. The van der Waals surface area contributed by atoms with Crippen LogP contribution in [0.3, 0.4) is 0 Å². The van der Waals surface area contributed by atoms with Crippen LogP contribution in [0.2, 0.25) is 4.34 Å². The number of fused-ring (bicyclic) bond motifs is 1. The van der Waals surface area contributed by atoms with Crippen molar-refractivity contribution in [1.29, 1.82) is 0 Å². The number of thiazole rings is 1. The van der Waals surface area contributed by atoms with Gasteiger partial charge in [0.05, 0.1) is 26.2 Å². The average Bonchev–Trinajstić information content (AvgIpc) is 3.67. The third-order valence-electron chi connectivity index (χ3n) is 8.75. The minimum Gasteiger partial charge on any atom is -0.504 e. The number of quaternary nitrogens is 1. The molecule has 0 unspecified atom stereocenters. The zero-order chi connectivity index (χ0) is 36.5. The first-order chi connectivity index (χ1) is 23.6. The number of carbonyl (C=O) groups is 5. The first-order valence-electron chi connectivity index (χ1n) is 15.3. The van der Waals surface area contributed by atoms with Gasteiger partial charge in [0, 0.05) is 36.8 Å². The number of nitrogens with one attached hydrogen (secondary N) is 1. The van der Waals surface area contributed by atoms with Gasteiger partial charge in [-0.1, -0.05) is 28.1 Å². The molecule has 17 nitrogen and oxygen atoms in total. The maximum absolute atomic E-state index is 13.5. The molecule has 20 heteroatoms. The molecule has 3 atom stereocenters. The summed E-state index contributed by atoms with van der Waals surface area (Å²) in [7, 11) is 1.63. The lowest BCUT2D eigenvalue weighted by Gasteiger charge is -2.50. The number of β-lactam (4-membered cyclic amide) rings is 1. The molecule has 7 N–H and O–H groups in total. The summed E-state index contributed by atoms with van der Waals surface area (Å²) in [5.41, 5.74) is 5.64. The van der Waals surface area contributed by atoms with Crippen LogP contribution >= 0.6 is 34.7 Å². The van der Waals surface area contributed by atoms with Gasteiger partial charge in [-0.25, -0.2) is 14.6 Å². The molecule has 0 spiro atoms. The second kappa shape index (κ2) is 14.7. The van der Waals surface area contributed by atoms with E-state index in [0.29, 0.717) is 29.7 Å². The molecule has 3 aliphatic heterocycles. The molecule has 5 rings (SSSR count). The number of phenols is 2. The van der Waals surface area contributed by atoms with Gasteiger partial charge < -0.3 is 45.7 Å². The topological polar surface area (TPSA) is 245 Å². The summed E-state index contributed by atoms with van der Waals surface area (Å²) in [6, 6.07) is 2.70. The summed E-state index contributed by atoms with van der Waals surface area (Å²) in [4.78, 5) is 75.4. The highest BCUT2D eigenvalue weighted by atomic mass is 35.5. The van der Waals surface area contributed by atoms with Crippen LogP contribution in [-0.4, -0.2) is 138 Å². The van der Waals surface area contributed by atoms with Crippen LogP contribution in [0, 0.1) is 0 Å². The molecular formula is C30H35ClN7O10S2+. The summed E-state index contributed by atoms with van der Waals surface area (Å²) in [6.07, 6.45) is 0.374. The lowest BCUT2D eigenvalue weighted by molar-refractivity contribution is -0.911. The second-order valence-corrected chi connectivity index (χ2v) is 14.9. The molecule has 0 saturated carbocycles. The SMILES string of the molecule is C[C@H](O/N=C(\C(=O)N[C@@H]1C(=O)N2C(C(=O)O)=C(C[N+]3(CCN(C)C(=O)c4ccc(O)c(O)c4)CCCC3)CS[C@H]12)c1nc(N)sc1Cl)C(=O)O. The Morgan fingerprint density at radius 2 is 1.92 bits per heavy atom. The number of anilines is 1. The van der Waals surface area contributed by atoms with Gasteiger partial charge in [0.25, 0.3) is 17.7 Å². The minimum atomic E-state index is -1.43. The minimum absolute atomic E-state index is 0.00333. The number of carboxylic acids is 2. The van der Waals surface area contributed by atoms with Gasteiger partial charge >= 0.3 is 11.9 Å². The highest BCUT2D eigenvalue weighted by Gasteiger charge is 2.55. The number of oxime groups is 1. The van der Waals surface area contributed by atoms with Crippen molar-refractivity contribution in [3.05, 3.63) is 45.1 Å². The molecule has 2 saturated heterocycles. The molecule has 3 aliphatic rings. The first kappa shape index (κ1) is 36.7. The highest BCUT2D eigenvalue weighted by molar-refractivity contribution is 8.00. The maximum atomic E-state index is 13.5. The number of likely N-dealkylation sites (N-methyl/N-ethyl adjacent to an activating group) is 1. The number of rotatable bonds is 13. The number of halogens is 1. The van der Waals surface area contributed by atoms with Crippen molar-refractivity contribution in [2.24, 2.45) is 5.16 Å². The van der Waals surface area contributed by atoms with Crippen LogP contribution in [0.15, 0.2) is 34.6 Å². The molecule has 0 bridgehead atoms. The van der Waals surface area contributed by atoms with Crippen LogP contribution in [0.25, 0.3) is 0 Å². The number of benzene rings is 1. The maximum Gasteiger partial charge on any atom is 0.352 e. The summed E-state index contributed by atoms with van der Waals surface area (Å²) in [6.45, 7) is 3.86. The number of carboxylic acid groups (broad SMARTS) is 2. The first-order valence-corrected chi connectivity index (χ1v) is 17.6. The summed E-state index contributed by atoms with van der Waals surface area (Å²) < 4.78 is 0.482. The summed E-state index contributed by atoms with van der Waals surface area (Å²) >= 11 is 8.32. The summed E-state index contributed by atoms with van der Waals surface area (Å²) in [5.74, 6) is -5.09. The van der Waals surface area contributed by atoms with E-state index in [2.05, 4.69) is 15.5 Å². The number of hydrogen-bond donors (Lipinski definition) is 6. The molecule has 1 aromatic heterocycles. The van der Waals surface area contributed by atoms with Crippen molar-refractivity contribution in [2.45, 2.75) is 37.3 Å². The zero-order valence-electron chi connectivity index (χ0n) is 26.9. The normalized spacial score (nSPS) is 20.5. The largest absolute Gasteiger partial charge is 0.504 e. The monoisotopic (exact) mass is 752 g/mol. The lowest BCUT2D eigenvalue weighted by Crippen LogP contribution is -2.71. The molecule has 268 valence electrons. The fraction of sp³-hybridized carbons (Fsp3) is 0.433. The number of aromatic hydroxyl groups is 2. The van der Waals surface area contributed by atoms with Gasteiger partial charge in [-0.15, -0.1) is 11.8 Å². The fourth-order valence-corrected chi connectivity index (χ4v) is 8.32. The number of nitrogens with two attached hydrogens (primary N) is 1. The predicted octanol–water partition coefficient (Wildman–Crippen LogP) is 1.11. The number of likely N-dealkylation sites (tertiary alicyclic amines) is 1. The number of amides is 3. The molecular weight excluding hydrogens is 718 g/mol. The average molecular weight is 753 g/mol. The van der Waals surface area contributed by atoms with Crippen LogP contribution in [0.5, 0.6) is 11.5 Å². The quantitative estimate of drug-likeness (QED) is 0.0553. The van der Waals surface area contributed by atoms with E-state index in [4.69, 9.17) is 27.3 Å². The third kappa shape index (κ3) is 7.44. The molecule has 0 aliphatic carbocycles. The van der Waals surface area contributed by atoms with E-state index in [1.165, 1.54) is 41.8 Å².